The average molecular weight is 155 g/mol. The van der Waals surface area contributed by atoms with Crippen LogP contribution in [0.3, 0.4) is 0 Å². The van der Waals surface area contributed by atoms with Gasteiger partial charge in [-0.1, -0.05) is 0 Å². The zero-order chi connectivity index (χ0) is 7.23. The summed E-state index contributed by atoms with van der Waals surface area (Å²) in [6, 6.07) is 3.75. The lowest BCUT2D eigenvalue weighted by molar-refractivity contribution is 0.391. The molecule has 0 atom stereocenters. The van der Waals surface area contributed by atoms with Crippen molar-refractivity contribution >= 4 is 11.8 Å². The van der Waals surface area contributed by atoms with Crippen LogP contribution in [0.25, 0.3) is 0 Å². The Balaban J connectivity index is 2.43. The van der Waals surface area contributed by atoms with E-state index < -0.39 is 0 Å². The van der Waals surface area contributed by atoms with E-state index in [1.807, 2.05) is 18.4 Å². The molecule has 0 saturated heterocycles. The summed E-state index contributed by atoms with van der Waals surface area (Å²) >= 11 is 1.65. The van der Waals surface area contributed by atoms with Crippen molar-refractivity contribution in [1.82, 2.24) is 4.98 Å². The number of nitrogens with zero attached hydrogens (tertiary/aromatic N) is 1. The predicted molar refractivity (Wildman–Crippen MR) is 43.2 cm³/mol. The quantitative estimate of drug-likeness (QED) is 0.621. The summed E-state index contributed by atoms with van der Waals surface area (Å²) in [5.74, 6) is 1.52. The minimum Gasteiger partial charge on any atom is -0.481 e. The standard InChI is InChI=1S/C7H9NOS/c1-10-6-9-7-3-2-4-8-5-7/h2-5H,6H2,1H3. The van der Waals surface area contributed by atoms with Crippen LogP contribution in [-0.2, 0) is 0 Å². The molecule has 0 aliphatic rings. The Kier molecular flexibility index (Phi) is 3.09. The Bertz CT molecular complexity index is 178. The van der Waals surface area contributed by atoms with Gasteiger partial charge in [-0.3, -0.25) is 4.98 Å². The van der Waals surface area contributed by atoms with Crippen LogP contribution in [0.1, 0.15) is 0 Å². The van der Waals surface area contributed by atoms with Gasteiger partial charge in [-0.05, 0) is 18.4 Å². The monoisotopic (exact) mass is 155 g/mol. The highest BCUT2D eigenvalue weighted by molar-refractivity contribution is 7.98. The third-order valence-electron chi connectivity index (χ3n) is 0.978. The zero-order valence-electron chi connectivity index (χ0n) is 5.78. The van der Waals surface area contributed by atoms with Gasteiger partial charge in [0, 0.05) is 6.20 Å². The van der Waals surface area contributed by atoms with Crippen molar-refractivity contribution in [1.29, 1.82) is 0 Å². The van der Waals surface area contributed by atoms with Gasteiger partial charge in [0.05, 0.1) is 6.20 Å². The molecule has 0 aromatic carbocycles. The van der Waals surface area contributed by atoms with Crippen LogP contribution in [0.15, 0.2) is 24.5 Å². The van der Waals surface area contributed by atoms with Gasteiger partial charge < -0.3 is 4.74 Å². The summed E-state index contributed by atoms with van der Waals surface area (Å²) in [7, 11) is 0. The average Bonchev–Trinajstić information content (AvgIpc) is 2.03. The van der Waals surface area contributed by atoms with Crippen LogP contribution in [0, 0.1) is 0 Å². The molecule has 0 saturated carbocycles. The highest BCUT2D eigenvalue weighted by Gasteiger charge is 1.87. The van der Waals surface area contributed by atoms with Crippen molar-refractivity contribution in [3.63, 3.8) is 0 Å². The van der Waals surface area contributed by atoms with Gasteiger partial charge in [-0.25, -0.2) is 0 Å². The largest absolute Gasteiger partial charge is 0.481 e. The van der Waals surface area contributed by atoms with Crippen molar-refractivity contribution in [2.24, 2.45) is 0 Å². The van der Waals surface area contributed by atoms with Crippen LogP contribution in [0.2, 0.25) is 0 Å². The van der Waals surface area contributed by atoms with E-state index >= 15 is 0 Å². The highest BCUT2D eigenvalue weighted by Crippen LogP contribution is 2.07. The Hall–Kier alpha value is -0.700. The van der Waals surface area contributed by atoms with Crippen LogP contribution >= 0.6 is 11.8 Å². The molecule has 0 N–H and O–H groups in total. The lowest BCUT2D eigenvalue weighted by atomic mass is 10.5. The minimum absolute atomic E-state index is 0.686. The van der Waals surface area contributed by atoms with E-state index in [1.54, 1.807) is 24.2 Å². The summed E-state index contributed by atoms with van der Waals surface area (Å²) in [6.45, 7) is 0. The van der Waals surface area contributed by atoms with Crippen molar-refractivity contribution in [2.45, 2.75) is 0 Å². The molecule has 0 amide bonds. The minimum atomic E-state index is 0.686. The number of thioether (sulfide) groups is 1. The van der Waals surface area contributed by atoms with Gasteiger partial charge in [0.25, 0.3) is 0 Å². The summed E-state index contributed by atoms with van der Waals surface area (Å²) < 4.78 is 5.26. The van der Waals surface area contributed by atoms with E-state index in [9.17, 15) is 0 Å². The smallest absolute Gasteiger partial charge is 0.138 e. The van der Waals surface area contributed by atoms with E-state index in [-0.39, 0.29) is 0 Å². The second kappa shape index (κ2) is 4.17. The van der Waals surface area contributed by atoms with Gasteiger partial charge in [0.15, 0.2) is 0 Å². The Labute approximate surface area is 64.6 Å². The molecule has 0 spiro atoms. The molecule has 1 heterocycles. The number of pyridine rings is 1. The molecule has 1 rings (SSSR count). The SMILES string of the molecule is CSCOc1cccnc1. The van der Waals surface area contributed by atoms with Crippen molar-refractivity contribution in [2.75, 3.05) is 12.2 Å². The zero-order valence-corrected chi connectivity index (χ0v) is 6.60. The summed E-state index contributed by atoms with van der Waals surface area (Å²) in [5.41, 5.74) is 0. The van der Waals surface area contributed by atoms with Crippen LogP contribution in [0.5, 0.6) is 5.75 Å². The Morgan fingerprint density at radius 3 is 3.20 bits per heavy atom. The number of aromatic nitrogens is 1. The van der Waals surface area contributed by atoms with Gasteiger partial charge in [-0.15, -0.1) is 11.8 Å². The van der Waals surface area contributed by atoms with E-state index in [0.29, 0.717) is 5.94 Å². The second-order valence-electron chi connectivity index (χ2n) is 1.74. The molecule has 0 radical (unpaired) electrons. The first-order valence-electron chi connectivity index (χ1n) is 2.95. The fourth-order valence-electron chi connectivity index (χ4n) is 0.559. The number of hydrogen-bond donors (Lipinski definition) is 0. The molecule has 0 fully saturated rings. The molecular weight excluding hydrogens is 146 g/mol. The van der Waals surface area contributed by atoms with Crippen LogP contribution in [0.4, 0.5) is 0 Å². The molecule has 1 aromatic rings. The van der Waals surface area contributed by atoms with Gasteiger partial charge in [0.1, 0.15) is 11.7 Å². The molecular formula is C7H9NOS. The lowest BCUT2D eigenvalue weighted by Gasteiger charge is -2.00. The first kappa shape index (κ1) is 7.41. The predicted octanol–water partition coefficient (Wildman–Crippen LogP) is 1.78. The van der Waals surface area contributed by atoms with Crippen LogP contribution in [-0.4, -0.2) is 17.2 Å². The molecule has 3 heteroatoms. The molecule has 0 aliphatic carbocycles. The molecule has 54 valence electrons. The topological polar surface area (TPSA) is 22.1 Å². The molecule has 0 aliphatic heterocycles. The number of hydrogen-bond acceptors (Lipinski definition) is 3. The molecule has 1 aromatic heterocycles. The highest BCUT2D eigenvalue weighted by atomic mass is 32.2. The van der Waals surface area contributed by atoms with Gasteiger partial charge in [0.2, 0.25) is 0 Å². The summed E-state index contributed by atoms with van der Waals surface area (Å²) in [5, 5.41) is 0. The summed E-state index contributed by atoms with van der Waals surface area (Å²) in [6.07, 6.45) is 5.43. The van der Waals surface area contributed by atoms with E-state index in [1.165, 1.54) is 0 Å². The first-order valence-corrected chi connectivity index (χ1v) is 4.34. The third kappa shape index (κ3) is 2.27. The van der Waals surface area contributed by atoms with Crippen molar-refractivity contribution in [3.05, 3.63) is 24.5 Å². The van der Waals surface area contributed by atoms with Gasteiger partial charge in [-0.2, -0.15) is 0 Å². The second-order valence-corrected chi connectivity index (χ2v) is 2.55. The molecule has 0 unspecified atom stereocenters. The Morgan fingerprint density at radius 2 is 2.60 bits per heavy atom. The fraction of sp³-hybridized carbons (Fsp3) is 0.286. The maximum absolute atomic E-state index is 5.26. The first-order chi connectivity index (χ1) is 4.93. The fourth-order valence-corrected chi connectivity index (χ4v) is 0.813. The van der Waals surface area contributed by atoms with E-state index in [4.69, 9.17) is 4.74 Å². The maximum atomic E-state index is 5.26. The van der Waals surface area contributed by atoms with E-state index in [2.05, 4.69) is 4.98 Å². The molecule has 2 nitrogen and oxygen atoms in total. The van der Waals surface area contributed by atoms with Crippen LogP contribution < -0.4 is 4.74 Å². The molecule has 0 bridgehead atoms. The molecule has 10 heavy (non-hydrogen) atoms. The maximum Gasteiger partial charge on any atom is 0.138 e. The van der Waals surface area contributed by atoms with Gasteiger partial charge >= 0.3 is 0 Å². The van der Waals surface area contributed by atoms with E-state index in [0.717, 1.165) is 5.75 Å². The number of ether oxygens (including phenoxy) is 1. The summed E-state index contributed by atoms with van der Waals surface area (Å²) in [4.78, 5) is 3.90. The third-order valence-corrected chi connectivity index (χ3v) is 1.33. The lowest BCUT2D eigenvalue weighted by Crippen LogP contribution is -1.90. The normalized spacial score (nSPS) is 9.30. The Morgan fingerprint density at radius 1 is 1.70 bits per heavy atom. The van der Waals surface area contributed by atoms with Crippen molar-refractivity contribution in [3.8, 4) is 5.75 Å². The van der Waals surface area contributed by atoms with Crippen molar-refractivity contribution < 1.29 is 4.74 Å². The number of rotatable bonds is 3.